The van der Waals surface area contributed by atoms with Crippen molar-refractivity contribution < 1.29 is 18.7 Å². The molecule has 1 aliphatic rings. The summed E-state index contributed by atoms with van der Waals surface area (Å²) in [6.07, 6.45) is 6.78. The maximum Gasteiger partial charge on any atom is 0.282 e. The van der Waals surface area contributed by atoms with E-state index in [2.05, 4.69) is 26.3 Å². The molecule has 42 heavy (non-hydrogen) atoms. The third kappa shape index (κ3) is 6.99. The molecular formula is C31H29BrClFN4O4. The first-order valence-corrected chi connectivity index (χ1v) is 14.9. The minimum Gasteiger partial charge on any atom is -0.490 e. The van der Waals surface area contributed by atoms with Crippen LogP contribution < -0.4 is 20.3 Å². The van der Waals surface area contributed by atoms with Crippen molar-refractivity contribution in [3.8, 4) is 11.5 Å². The Morgan fingerprint density at radius 2 is 1.90 bits per heavy atom. The highest BCUT2D eigenvalue weighted by Crippen LogP contribution is 2.37. The van der Waals surface area contributed by atoms with E-state index in [9.17, 15) is 14.0 Å². The van der Waals surface area contributed by atoms with E-state index < -0.39 is 11.7 Å². The number of amides is 1. The zero-order valence-electron chi connectivity index (χ0n) is 22.9. The van der Waals surface area contributed by atoms with Gasteiger partial charge in [-0.05, 0) is 79.9 Å². The Hall–Kier alpha value is -3.76. The quantitative estimate of drug-likeness (QED) is 0.191. The fourth-order valence-corrected chi connectivity index (χ4v) is 5.60. The van der Waals surface area contributed by atoms with Gasteiger partial charge in [-0.2, -0.15) is 9.78 Å². The number of hydrogen-bond acceptors (Lipinski definition) is 6. The summed E-state index contributed by atoms with van der Waals surface area (Å²) in [7, 11) is 0. The van der Waals surface area contributed by atoms with Crippen LogP contribution in [0.15, 0.2) is 69.0 Å². The number of nitrogens with one attached hydrogen (secondary N) is 1. The van der Waals surface area contributed by atoms with Crippen molar-refractivity contribution in [2.75, 3.05) is 18.5 Å². The van der Waals surface area contributed by atoms with E-state index in [0.29, 0.717) is 40.3 Å². The molecule has 1 fully saturated rings. The van der Waals surface area contributed by atoms with Gasteiger partial charge in [-0.3, -0.25) is 9.59 Å². The van der Waals surface area contributed by atoms with Crippen molar-refractivity contribution in [3.05, 3.63) is 91.7 Å². The van der Waals surface area contributed by atoms with Gasteiger partial charge in [0.05, 0.1) is 28.7 Å². The molecule has 5 rings (SSSR count). The summed E-state index contributed by atoms with van der Waals surface area (Å²) >= 11 is 10.0. The lowest BCUT2D eigenvalue weighted by atomic mass is 9.88. The maximum atomic E-state index is 13.6. The van der Waals surface area contributed by atoms with Crippen LogP contribution in [0.25, 0.3) is 10.9 Å². The fourth-order valence-electron chi connectivity index (χ4n) is 4.96. The molecule has 8 nitrogen and oxygen atoms in total. The van der Waals surface area contributed by atoms with E-state index in [-0.39, 0.29) is 28.9 Å². The van der Waals surface area contributed by atoms with Gasteiger partial charge in [-0.1, -0.05) is 46.8 Å². The number of fused-ring (bicyclic) bond motifs is 1. The van der Waals surface area contributed by atoms with E-state index >= 15 is 0 Å². The number of hydrogen-bond donors (Lipinski definition) is 1. The third-order valence-corrected chi connectivity index (χ3v) is 7.71. The molecule has 0 unspecified atom stereocenters. The van der Waals surface area contributed by atoms with Crippen molar-refractivity contribution in [2.24, 2.45) is 5.10 Å². The number of benzene rings is 3. The summed E-state index contributed by atoms with van der Waals surface area (Å²) in [6, 6.07) is 14.2. The van der Waals surface area contributed by atoms with Crippen molar-refractivity contribution in [3.63, 3.8) is 0 Å². The number of anilines is 1. The monoisotopic (exact) mass is 654 g/mol. The summed E-state index contributed by atoms with van der Waals surface area (Å²) in [4.78, 5) is 30.9. The number of rotatable bonds is 9. The molecule has 0 saturated heterocycles. The molecule has 1 aromatic heterocycles. The second-order valence-electron chi connectivity index (χ2n) is 9.93. The zero-order valence-corrected chi connectivity index (χ0v) is 25.3. The number of carbonyl (C=O) groups excluding carboxylic acids is 1. The Bertz CT molecular complexity index is 1690. The fraction of sp³-hybridized carbons (Fsp3) is 0.290. The van der Waals surface area contributed by atoms with Crippen LogP contribution in [-0.4, -0.2) is 35.0 Å². The molecule has 0 radical (unpaired) electrons. The highest BCUT2D eigenvalue weighted by molar-refractivity contribution is 9.10. The number of ether oxygens (including phenoxy) is 2. The van der Waals surface area contributed by atoms with Gasteiger partial charge in [0.25, 0.3) is 11.5 Å². The summed E-state index contributed by atoms with van der Waals surface area (Å²) < 4.78 is 26.8. The highest BCUT2D eigenvalue weighted by Gasteiger charge is 2.23. The van der Waals surface area contributed by atoms with E-state index in [4.69, 9.17) is 26.1 Å². The lowest BCUT2D eigenvalue weighted by Gasteiger charge is -2.22. The number of aromatic nitrogens is 2. The SMILES string of the molecule is CCOc1cc(C=Nn2c(C3CCCCC3)nc3ccc(Br)cc3c2=O)cc(Cl)c1OCC(=O)Nc1ccc(F)cc1. The Morgan fingerprint density at radius 1 is 1.14 bits per heavy atom. The maximum absolute atomic E-state index is 13.6. The van der Waals surface area contributed by atoms with E-state index in [1.807, 2.05) is 19.1 Å². The normalized spacial score (nSPS) is 13.9. The highest BCUT2D eigenvalue weighted by atomic mass is 79.9. The Labute approximate surface area is 255 Å². The number of carbonyl (C=O) groups is 1. The zero-order chi connectivity index (χ0) is 29.6. The summed E-state index contributed by atoms with van der Waals surface area (Å²) in [5.74, 6) is 0.450. The van der Waals surface area contributed by atoms with Crippen molar-refractivity contribution >= 4 is 56.2 Å². The molecule has 3 aromatic carbocycles. The molecule has 4 aromatic rings. The predicted octanol–water partition coefficient (Wildman–Crippen LogP) is 7.30. The van der Waals surface area contributed by atoms with Crippen LogP contribution in [0.3, 0.4) is 0 Å². The first-order chi connectivity index (χ1) is 20.3. The lowest BCUT2D eigenvalue weighted by Crippen LogP contribution is -2.25. The standard InChI is InChI=1S/C31H29BrClFN4O4/c1-2-41-27-15-19(14-25(33)29(27)42-18-28(39)36-23-11-9-22(34)10-12-23)17-35-38-30(20-6-4-3-5-7-20)37-26-13-8-21(32)16-24(26)31(38)40/h8-17,20H,2-7,18H2,1H3,(H,36,39). The summed E-state index contributed by atoms with van der Waals surface area (Å²) in [5.41, 5.74) is 1.40. The van der Waals surface area contributed by atoms with E-state index in [1.54, 1.807) is 24.4 Å². The van der Waals surface area contributed by atoms with Gasteiger partial charge in [0.1, 0.15) is 11.6 Å². The molecule has 0 aliphatic heterocycles. The van der Waals surface area contributed by atoms with Gasteiger partial charge >= 0.3 is 0 Å². The van der Waals surface area contributed by atoms with Gasteiger partial charge < -0.3 is 14.8 Å². The molecule has 0 spiro atoms. The van der Waals surface area contributed by atoms with Crippen LogP contribution in [0.2, 0.25) is 5.02 Å². The molecule has 11 heteroatoms. The molecule has 1 N–H and O–H groups in total. The van der Waals surface area contributed by atoms with Crippen LogP contribution in [0, 0.1) is 5.82 Å². The summed E-state index contributed by atoms with van der Waals surface area (Å²) in [5, 5.41) is 7.90. The average molecular weight is 656 g/mol. The summed E-state index contributed by atoms with van der Waals surface area (Å²) in [6.45, 7) is 1.79. The molecule has 0 bridgehead atoms. The molecule has 218 valence electrons. The minimum absolute atomic E-state index is 0.135. The first kappa shape index (κ1) is 29.7. The first-order valence-electron chi connectivity index (χ1n) is 13.7. The van der Waals surface area contributed by atoms with Gasteiger partial charge in [0, 0.05) is 16.1 Å². The van der Waals surface area contributed by atoms with Gasteiger partial charge in [0.15, 0.2) is 18.1 Å². The largest absolute Gasteiger partial charge is 0.490 e. The minimum atomic E-state index is -0.448. The molecule has 1 saturated carbocycles. The Balaban J connectivity index is 1.43. The predicted molar refractivity (Wildman–Crippen MR) is 166 cm³/mol. The lowest BCUT2D eigenvalue weighted by molar-refractivity contribution is -0.118. The van der Waals surface area contributed by atoms with Crippen LogP contribution >= 0.6 is 27.5 Å². The van der Waals surface area contributed by atoms with Crippen LogP contribution in [0.1, 0.15) is 56.3 Å². The Morgan fingerprint density at radius 3 is 2.64 bits per heavy atom. The van der Waals surface area contributed by atoms with E-state index in [1.165, 1.54) is 35.4 Å². The third-order valence-electron chi connectivity index (χ3n) is 6.93. The molecule has 1 amide bonds. The van der Waals surface area contributed by atoms with Crippen molar-refractivity contribution in [1.29, 1.82) is 0 Å². The molecule has 0 atom stereocenters. The topological polar surface area (TPSA) is 94.8 Å². The number of halogens is 3. The van der Waals surface area contributed by atoms with Crippen molar-refractivity contribution in [1.82, 2.24) is 9.66 Å². The van der Waals surface area contributed by atoms with Gasteiger partial charge in [0.2, 0.25) is 0 Å². The van der Waals surface area contributed by atoms with Gasteiger partial charge in [-0.25, -0.2) is 9.37 Å². The Kier molecular flexibility index (Phi) is 9.54. The average Bonchev–Trinajstić information content (AvgIpc) is 2.98. The van der Waals surface area contributed by atoms with Crippen LogP contribution in [0.4, 0.5) is 10.1 Å². The smallest absolute Gasteiger partial charge is 0.282 e. The van der Waals surface area contributed by atoms with E-state index in [0.717, 1.165) is 30.2 Å². The van der Waals surface area contributed by atoms with Crippen LogP contribution in [0.5, 0.6) is 11.5 Å². The van der Waals surface area contributed by atoms with Crippen molar-refractivity contribution in [2.45, 2.75) is 44.9 Å². The molecule has 1 aliphatic carbocycles. The van der Waals surface area contributed by atoms with Gasteiger partial charge in [-0.15, -0.1) is 0 Å². The second kappa shape index (κ2) is 13.5. The molecule has 1 heterocycles. The second-order valence-corrected chi connectivity index (χ2v) is 11.3. The van der Waals surface area contributed by atoms with Crippen LogP contribution in [-0.2, 0) is 4.79 Å². The molecular weight excluding hydrogens is 627 g/mol. The number of nitrogens with zero attached hydrogens (tertiary/aromatic N) is 3.